The number of nitrogens with zero attached hydrogens (tertiary/aromatic N) is 3. The van der Waals surface area contributed by atoms with Gasteiger partial charge in [-0.15, -0.1) is 10.2 Å². The van der Waals surface area contributed by atoms with Gasteiger partial charge in [-0.05, 0) is 6.26 Å². The van der Waals surface area contributed by atoms with Crippen LogP contribution in [0.3, 0.4) is 0 Å². The molecule has 0 radical (unpaired) electrons. The third-order valence-electron chi connectivity index (χ3n) is 2.76. The van der Waals surface area contributed by atoms with Crippen LogP contribution in [0.1, 0.15) is 18.7 Å². The van der Waals surface area contributed by atoms with E-state index in [1.54, 1.807) is 0 Å². The summed E-state index contributed by atoms with van der Waals surface area (Å²) in [5.41, 5.74) is 0. The maximum absolute atomic E-state index is 5.53. The fraction of sp³-hybridized carbons (Fsp3) is 0.800. The summed E-state index contributed by atoms with van der Waals surface area (Å²) < 4.78 is 5.53. The molecule has 1 N–H and O–H groups in total. The Morgan fingerprint density at radius 3 is 2.81 bits per heavy atom. The molecule has 0 aliphatic carbocycles. The van der Waals surface area contributed by atoms with Crippen molar-refractivity contribution in [3.8, 4) is 0 Å². The highest BCUT2D eigenvalue weighted by molar-refractivity contribution is 7.98. The molecule has 1 aromatic heterocycles. The molecule has 1 aliphatic heterocycles. The molecule has 1 aliphatic rings. The molecule has 1 atom stereocenters. The molecule has 0 bridgehead atoms. The maximum Gasteiger partial charge on any atom is 0.276 e. The summed E-state index contributed by atoms with van der Waals surface area (Å²) in [6, 6.07) is 0. The summed E-state index contributed by atoms with van der Waals surface area (Å²) in [6.45, 7) is 7.50. The van der Waals surface area contributed by atoms with Gasteiger partial charge in [-0.1, -0.05) is 18.7 Å². The Bertz CT molecular complexity index is 324. The third-order valence-corrected chi connectivity index (χ3v) is 3.27. The smallest absolute Gasteiger partial charge is 0.276 e. The topological polar surface area (TPSA) is 54.2 Å². The molecule has 1 unspecified atom stereocenters. The van der Waals surface area contributed by atoms with E-state index >= 15 is 0 Å². The zero-order valence-corrected chi connectivity index (χ0v) is 10.6. The minimum absolute atomic E-state index is 0.312. The van der Waals surface area contributed by atoms with E-state index in [0.29, 0.717) is 11.1 Å². The van der Waals surface area contributed by atoms with E-state index in [0.717, 1.165) is 38.6 Å². The van der Waals surface area contributed by atoms with Crippen LogP contribution in [0.15, 0.2) is 9.64 Å². The van der Waals surface area contributed by atoms with Crippen LogP contribution in [0.2, 0.25) is 0 Å². The van der Waals surface area contributed by atoms with E-state index in [9.17, 15) is 0 Å². The van der Waals surface area contributed by atoms with E-state index < -0.39 is 0 Å². The molecule has 1 fully saturated rings. The average molecular weight is 242 g/mol. The molecule has 2 heterocycles. The summed E-state index contributed by atoms with van der Waals surface area (Å²) in [5, 5.41) is 12.0. The Kier molecular flexibility index (Phi) is 4.20. The van der Waals surface area contributed by atoms with E-state index in [2.05, 4.69) is 27.3 Å². The Balaban J connectivity index is 1.88. The van der Waals surface area contributed by atoms with Gasteiger partial charge in [0.1, 0.15) is 0 Å². The molecule has 5 nitrogen and oxygen atoms in total. The monoisotopic (exact) mass is 242 g/mol. The number of nitrogens with one attached hydrogen (secondary N) is 1. The predicted octanol–water partition coefficient (Wildman–Crippen LogP) is 0.800. The van der Waals surface area contributed by atoms with Crippen molar-refractivity contribution in [2.75, 3.05) is 39.0 Å². The van der Waals surface area contributed by atoms with Crippen molar-refractivity contribution in [2.45, 2.75) is 18.1 Å². The van der Waals surface area contributed by atoms with Crippen molar-refractivity contribution in [3.63, 3.8) is 0 Å². The second-order valence-electron chi connectivity index (χ2n) is 4.06. The first-order valence-corrected chi connectivity index (χ1v) is 6.82. The van der Waals surface area contributed by atoms with E-state index in [-0.39, 0.29) is 0 Å². The van der Waals surface area contributed by atoms with E-state index in [1.165, 1.54) is 11.8 Å². The van der Waals surface area contributed by atoms with Gasteiger partial charge in [-0.3, -0.25) is 0 Å². The fourth-order valence-electron chi connectivity index (χ4n) is 1.86. The number of rotatable bonds is 4. The lowest BCUT2D eigenvalue weighted by Crippen LogP contribution is -2.44. The van der Waals surface area contributed by atoms with Gasteiger partial charge in [-0.2, -0.15) is 0 Å². The lowest BCUT2D eigenvalue weighted by Gasteiger charge is -2.28. The van der Waals surface area contributed by atoms with Gasteiger partial charge in [-0.25, -0.2) is 0 Å². The first-order chi connectivity index (χ1) is 7.79. The van der Waals surface area contributed by atoms with Crippen molar-refractivity contribution in [1.82, 2.24) is 20.4 Å². The van der Waals surface area contributed by atoms with Crippen molar-refractivity contribution < 1.29 is 4.42 Å². The first-order valence-electron chi connectivity index (χ1n) is 5.60. The SMILES string of the molecule is CSc1nnc(C(C)CN2CCNCC2)o1. The highest BCUT2D eigenvalue weighted by atomic mass is 32.2. The zero-order valence-electron chi connectivity index (χ0n) is 9.77. The molecule has 0 saturated carbocycles. The Labute approximate surface area is 100.0 Å². The largest absolute Gasteiger partial charge is 0.416 e. The summed E-state index contributed by atoms with van der Waals surface area (Å²) in [5.74, 6) is 1.06. The Morgan fingerprint density at radius 2 is 2.19 bits per heavy atom. The van der Waals surface area contributed by atoms with Crippen LogP contribution in [0.4, 0.5) is 0 Å². The maximum atomic E-state index is 5.53. The van der Waals surface area contributed by atoms with Crippen LogP contribution < -0.4 is 5.32 Å². The van der Waals surface area contributed by atoms with Gasteiger partial charge in [0, 0.05) is 38.6 Å². The molecular formula is C10H18N4OS. The molecule has 1 saturated heterocycles. The normalized spacial score (nSPS) is 19.9. The number of hydrogen-bond acceptors (Lipinski definition) is 6. The number of aromatic nitrogens is 2. The molecule has 1 aromatic rings. The quantitative estimate of drug-likeness (QED) is 0.788. The van der Waals surface area contributed by atoms with Gasteiger partial charge >= 0.3 is 0 Å². The molecule has 6 heteroatoms. The van der Waals surface area contributed by atoms with Crippen LogP contribution in [0, 0.1) is 0 Å². The average Bonchev–Trinajstić information content (AvgIpc) is 2.79. The summed E-state index contributed by atoms with van der Waals surface area (Å²) in [7, 11) is 0. The molecule has 2 rings (SSSR count). The van der Waals surface area contributed by atoms with Crippen molar-refractivity contribution in [3.05, 3.63) is 5.89 Å². The van der Waals surface area contributed by atoms with Crippen LogP contribution in [0.5, 0.6) is 0 Å². The summed E-state index contributed by atoms with van der Waals surface area (Å²) in [4.78, 5) is 2.43. The molecule has 0 spiro atoms. The Hall–Kier alpha value is -0.590. The van der Waals surface area contributed by atoms with Gasteiger partial charge in [0.2, 0.25) is 5.89 Å². The van der Waals surface area contributed by atoms with E-state index in [1.807, 2.05) is 6.26 Å². The molecule has 0 aromatic carbocycles. The zero-order chi connectivity index (χ0) is 11.4. The highest BCUT2D eigenvalue weighted by Crippen LogP contribution is 2.19. The Morgan fingerprint density at radius 1 is 1.44 bits per heavy atom. The molecule has 90 valence electrons. The van der Waals surface area contributed by atoms with Crippen LogP contribution in [-0.4, -0.2) is 54.1 Å². The molecule has 16 heavy (non-hydrogen) atoms. The highest BCUT2D eigenvalue weighted by Gasteiger charge is 2.18. The van der Waals surface area contributed by atoms with Gasteiger partial charge < -0.3 is 14.6 Å². The predicted molar refractivity (Wildman–Crippen MR) is 63.8 cm³/mol. The fourth-order valence-corrected chi connectivity index (χ4v) is 2.15. The van der Waals surface area contributed by atoms with Gasteiger partial charge in [0.25, 0.3) is 5.22 Å². The lowest BCUT2D eigenvalue weighted by molar-refractivity contribution is 0.219. The van der Waals surface area contributed by atoms with Crippen LogP contribution in [0.25, 0.3) is 0 Å². The standard InChI is InChI=1S/C10H18N4OS/c1-8(7-14-5-3-11-4-6-14)9-12-13-10(15-9)16-2/h8,11H,3-7H2,1-2H3. The second kappa shape index (κ2) is 5.65. The third kappa shape index (κ3) is 2.96. The summed E-state index contributed by atoms with van der Waals surface area (Å²) >= 11 is 1.49. The molecule has 0 amide bonds. The minimum Gasteiger partial charge on any atom is -0.416 e. The van der Waals surface area contributed by atoms with Crippen molar-refractivity contribution >= 4 is 11.8 Å². The number of thioether (sulfide) groups is 1. The molecular weight excluding hydrogens is 224 g/mol. The second-order valence-corrected chi connectivity index (χ2v) is 4.82. The van der Waals surface area contributed by atoms with Crippen molar-refractivity contribution in [1.29, 1.82) is 0 Å². The van der Waals surface area contributed by atoms with Crippen molar-refractivity contribution in [2.24, 2.45) is 0 Å². The van der Waals surface area contributed by atoms with Gasteiger partial charge in [0.05, 0.1) is 0 Å². The minimum atomic E-state index is 0.312. The number of hydrogen-bond donors (Lipinski definition) is 1. The van der Waals surface area contributed by atoms with Gasteiger partial charge in [0.15, 0.2) is 0 Å². The lowest BCUT2D eigenvalue weighted by atomic mass is 10.1. The number of piperazine rings is 1. The van der Waals surface area contributed by atoms with E-state index in [4.69, 9.17) is 4.42 Å². The van der Waals surface area contributed by atoms with Crippen LogP contribution >= 0.6 is 11.8 Å². The summed E-state index contributed by atoms with van der Waals surface area (Å²) in [6.07, 6.45) is 1.94. The first kappa shape index (κ1) is 11.9. The van der Waals surface area contributed by atoms with Crippen LogP contribution in [-0.2, 0) is 0 Å².